The average Bonchev–Trinajstić information content (AvgIpc) is 2.87. The first kappa shape index (κ1) is 25.8. The maximum Gasteiger partial charge on any atom is 0.229 e. The highest BCUT2D eigenvalue weighted by atomic mass is 35.5. The molecule has 2 aliphatic heterocycles. The molecule has 5 rings (SSSR count). The Bertz CT molecular complexity index is 1260. The molecule has 2 aromatic carbocycles. The monoisotopic (exact) mass is 537 g/mol. The van der Waals surface area contributed by atoms with Crippen molar-refractivity contribution >= 4 is 58.5 Å². The summed E-state index contributed by atoms with van der Waals surface area (Å²) in [6, 6.07) is 14.2. The van der Waals surface area contributed by atoms with E-state index in [1.165, 1.54) is 5.56 Å². The van der Waals surface area contributed by atoms with E-state index in [0.29, 0.717) is 29.1 Å². The van der Waals surface area contributed by atoms with Crippen molar-refractivity contribution < 1.29 is 4.79 Å². The van der Waals surface area contributed by atoms with Gasteiger partial charge in [0.2, 0.25) is 11.9 Å². The number of aryl methyl sites for hydroxylation is 2. The van der Waals surface area contributed by atoms with E-state index in [1.54, 1.807) is 18.3 Å². The van der Waals surface area contributed by atoms with Crippen molar-refractivity contribution in [3.8, 4) is 0 Å². The molecule has 1 amide bonds. The number of amides is 1. The van der Waals surface area contributed by atoms with Gasteiger partial charge in [0.25, 0.3) is 0 Å². The first-order valence-corrected chi connectivity index (χ1v) is 13.7. The SMILES string of the molecule is CN(C)SN1CCC(CC(=O)Nc2ccc3cc2CCc2cccc(c2)Nc2ncc(Cl)c(n2)N3)CC1. The summed E-state index contributed by atoms with van der Waals surface area (Å²) >= 11 is 8.13. The molecule has 6 bridgehead atoms. The zero-order chi connectivity index (χ0) is 25.8. The fourth-order valence-electron chi connectivity index (χ4n) is 4.75. The number of fused-ring (bicyclic) bond motifs is 6. The molecule has 0 atom stereocenters. The third kappa shape index (κ3) is 6.93. The van der Waals surface area contributed by atoms with Gasteiger partial charge in [0.15, 0.2) is 5.82 Å². The second-order valence-corrected chi connectivity index (χ2v) is 11.5. The van der Waals surface area contributed by atoms with Gasteiger partial charge in [-0.1, -0.05) is 23.7 Å². The van der Waals surface area contributed by atoms with Gasteiger partial charge in [-0.15, -0.1) is 0 Å². The molecule has 3 aromatic rings. The normalized spacial score (nSPS) is 16.1. The number of halogens is 1. The highest BCUT2D eigenvalue weighted by molar-refractivity contribution is 7.94. The third-order valence-electron chi connectivity index (χ3n) is 6.58. The Kier molecular flexibility index (Phi) is 8.14. The summed E-state index contributed by atoms with van der Waals surface area (Å²) in [7, 11) is 4.12. The van der Waals surface area contributed by atoms with Crippen LogP contribution < -0.4 is 16.0 Å². The van der Waals surface area contributed by atoms with Crippen LogP contribution in [0.25, 0.3) is 0 Å². The van der Waals surface area contributed by atoms with Crippen LogP contribution in [-0.2, 0) is 17.6 Å². The van der Waals surface area contributed by atoms with Gasteiger partial charge in [-0.05, 0) is 87.2 Å². The van der Waals surface area contributed by atoms with Gasteiger partial charge < -0.3 is 16.0 Å². The lowest BCUT2D eigenvalue weighted by Gasteiger charge is -2.31. The minimum atomic E-state index is 0.0771. The molecule has 1 fully saturated rings. The summed E-state index contributed by atoms with van der Waals surface area (Å²) in [5.41, 5.74) is 4.89. The Balaban J connectivity index is 1.32. The lowest BCUT2D eigenvalue weighted by Crippen LogP contribution is -2.32. The summed E-state index contributed by atoms with van der Waals surface area (Å²) in [4.78, 5) is 21.9. The van der Waals surface area contributed by atoms with E-state index in [2.05, 4.69) is 66.8 Å². The van der Waals surface area contributed by atoms with Gasteiger partial charge >= 0.3 is 0 Å². The van der Waals surface area contributed by atoms with E-state index in [4.69, 9.17) is 11.6 Å². The largest absolute Gasteiger partial charge is 0.339 e. The standard InChI is InChI=1S/C27H32ClN7OS/c1-34(2)37-35-12-10-19(11-13-35)15-25(36)32-24-9-8-22-16-20(24)7-6-18-4-3-5-21(14-18)31-27-29-17-23(28)26(30-22)33-27/h3-5,8-9,14,16-17,19H,6-7,10-13,15H2,1-2H3,(H,32,36)(H2,29,30,31,33). The van der Waals surface area contributed by atoms with Crippen molar-refractivity contribution in [1.29, 1.82) is 0 Å². The van der Waals surface area contributed by atoms with Crippen LogP contribution in [-0.4, -0.2) is 51.7 Å². The fraction of sp³-hybridized carbons (Fsp3) is 0.370. The van der Waals surface area contributed by atoms with E-state index in [9.17, 15) is 4.79 Å². The summed E-state index contributed by atoms with van der Waals surface area (Å²) in [6.45, 7) is 2.02. The Hall–Kier alpha value is -2.85. The Morgan fingerprint density at radius 2 is 1.95 bits per heavy atom. The summed E-state index contributed by atoms with van der Waals surface area (Å²) in [5.74, 6) is 1.48. The number of nitrogens with zero attached hydrogens (tertiary/aromatic N) is 4. The molecule has 0 unspecified atom stereocenters. The summed E-state index contributed by atoms with van der Waals surface area (Å²) in [6.07, 6.45) is 5.83. The summed E-state index contributed by atoms with van der Waals surface area (Å²) < 4.78 is 4.48. The number of hydrogen-bond donors (Lipinski definition) is 3. The number of carbonyl (C=O) groups is 1. The number of hydrogen-bond acceptors (Lipinski definition) is 8. The molecule has 3 N–H and O–H groups in total. The second-order valence-electron chi connectivity index (χ2n) is 9.73. The third-order valence-corrected chi connectivity index (χ3v) is 7.78. The number of nitrogens with one attached hydrogen (secondary N) is 3. The number of anilines is 5. The molecular weight excluding hydrogens is 506 g/mol. The van der Waals surface area contributed by atoms with Gasteiger partial charge in [0, 0.05) is 48.7 Å². The molecule has 194 valence electrons. The van der Waals surface area contributed by atoms with Crippen LogP contribution in [0.2, 0.25) is 5.02 Å². The van der Waals surface area contributed by atoms with Crippen molar-refractivity contribution in [2.45, 2.75) is 32.1 Å². The minimum Gasteiger partial charge on any atom is -0.339 e. The molecule has 10 heteroatoms. The maximum atomic E-state index is 13.0. The van der Waals surface area contributed by atoms with Gasteiger partial charge in [0.1, 0.15) is 5.02 Å². The van der Waals surface area contributed by atoms with Crippen molar-refractivity contribution in [3.05, 3.63) is 64.8 Å². The lowest BCUT2D eigenvalue weighted by atomic mass is 9.94. The topological polar surface area (TPSA) is 85.4 Å². The van der Waals surface area contributed by atoms with Gasteiger partial charge in [-0.3, -0.25) is 4.79 Å². The highest BCUT2D eigenvalue weighted by Gasteiger charge is 2.23. The molecule has 1 aromatic heterocycles. The van der Waals surface area contributed by atoms with Crippen LogP contribution in [0.15, 0.2) is 48.7 Å². The first-order valence-electron chi connectivity index (χ1n) is 12.6. The van der Waals surface area contributed by atoms with E-state index in [-0.39, 0.29) is 5.91 Å². The zero-order valence-corrected chi connectivity index (χ0v) is 22.7. The quantitative estimate of drug-likeness (QED) is 0.348. The molecule has 0 spiro atoms. The minimum absolute atomic E-state index is 0.0771. The first-order chi connectivity index (χ1) is 17.9. The highest BCUT2D eigenvalue weighted by Crippen LogP contribution is 2.30. The number of aromatic nitrogens is 2. The molecule has 2 aliphatic rings. The van der Waals surface area contributed by atoms with Crippen molar-refractivity contribution in [2.75, 3.05) is 43.1 Å². The molecule has 8 nitrogen and oxygen atoms in total. The average molecular weight is 538 g/mol. The molecule has 37 heavy (non-hydrogen) atoms. The van der Waals surface area contributed by atoms with Gasteiger partial charge in [0.05, 0.1) is 6.20 Å². The number of benzene rings is 2. The Labute approximate surface area is 227 Å². The number of piperidine rings is 1. The zero-order valence-electron chi connectivity index (χ0n) is 21.1. The predicted molar refractivity (Wildman–Crippen MR) is 153 cm³/mol. The van der Waals surface area contributed by atoms with E-state index in [1.807, 2.05) is 24.3 Å². The molecule has 3 heterocycles. The second kappa shape index (κ2) is 11.7. The molecule has 0 aliphatic carbocycles. The maximum absolute atomic E-state index is 13.0. The van der Waals surface area contributed by atoms with Crippen LogP contribution in [0.4, 0.5) is 28.8 Å². The predicted octanol–water partition coefficient (Wildman–Crippen LogP) is 5.88. The summed E-state index contributed by atoms with van der Waals surface area (Å²) in [5, 5.41) is 10.2. The van der Waals surface area contributed by atoms with Crippen molar-refractivity contribution in [3.63, 3.8) is 0 Å². The molecular formula is C27H32ClN7OS. The van der Waals surface area contributed by atoms with Crippen LogP contribution in [0.5, 0.6) is 0 Å². The van der Waals surface area contributed by atoms with E-state index >= 15 is 0 Å². The van der Waals surface area contributed by atoms with Crippen LogP contribution in [0.3, 0.4) is 0 Å². The fourth-order valence-corrected chi connectivity index (χ4v) is 5.73. The van der Waals surface area contributed by atoms with Gasteiger partial charge in [-0.25, -0.2) is 13.6 Å². The smallest absolute Gasteiger partial charge is 0.229 e. The molecule has 0 saturated carbocycles. The van der Waals surface area contributed by atoms with Crippen LogP contribution >= 0.6 is 23.7 Å². The van der Waals surface area contributed by atoms with Crippen LogP contribution in [0, 0.1) is 5.92 Å². The lowest BCUT2D eigenvalue weighted by molar-refractivity contribution is -0.117. The van der Waals surface area contributed by atoms with Gasteiger partial charge in [-0.2, -0.15) is 4.98 Å². The van der Waals surface area contributed by atoms with Crippen molar-refractivity contribution in [1.82, 2.24) is 18.6 Å². The Morgan fingerprint density at radius 3 is 2.76 bits per heavy atom. The molecule has 1 saturated heterocycles. The Morgan fingerprint density at radius 1 is 1.14 bits per heavy atom. The van der Waals surface area contributed by atoms with Crippen molar-refractivity contribution in [2.24, 2.45) is 5.92 Å². The number of rotatable bonds is 5. The van der Waals surface area contributed by atoms with E-state index in [0.717, 1.165) is 61.4 Å². The molecule has 0 radical (unpaired) electrons. The number of carbonyl (C=O) groups excluding carboxylic acids is 1. The van der Waals surface area contributed by atoms with Crippen LogP contribution in [0.1, 0.15) is 30.4 Å². The van der Waals surface area contributed by atoms with E-state index < -0.39 is 0 Å².